The number of rotatable bonds is 7. The lowest BCUT2D eigenvalue weighted by molar-refractivity contribution is 0.247. The topological polar surface area (TPSA) is 59.6 Å². The molecule has 0 saturated carbocycles. The summed E-state index contributed by atoms with van der Waals surface area (Å²) >= 11 is 0. The number of benzene rings is 2. The zero-order valence-corrected chi connectivity index (χ0v) is 14.3. The van der Waals surface area contributed by atoms with Crippen LogP contribution in [0.1, 0.15) is 25.3 Å². The van der Waals surface area contributed by atoms with Gasteiger partial charge in [0.15, 0.2) is 0 Å². The van der Waals surface area contributed by atoms with Crippen LogP contribution >= 0.6 is 0 Å². The van der Waals surface area contributed by atoms with Crippen LogP contribution in [0.15, 0.2) is 48.5 Å². The van der Waals surface area contributed by atoms with Crippen molar-refractivity contribution in [3.63, 3.8) is 0 Å². The molecule has 0 aromatic heterocycles. The third-order valence-electron chi connectivity index (χ3n) is 3.53. The summed E-state index contributed by atoms with van der Waals surface area (Å²) in [4.78, 5) is 12.0. The Morgan fingerprint density at radius 2 is 1.83 bits per heavy atom. The number of carbonyl (C=O) groups excluding carboxylic acids is 1. The summed E-state index contributed by atoms with van der Waals surface area (Å²) in [5.74, 6) is 1.79. The van der Waals surface area contributed by atoms with E-state index in [9.17, 15) is 4.79 Å². The molecule has 0 aliphatic heterocycles. The van der Waals surface area contributed by atoms with Gasteiger partial charge in [-0.3, -0.25) is 0 Å². The maximum Gasteiger partial charge on any atom is 0.319 e. The standard InChI is InChI=1S/C19H24N2O3/c1-14(2)17-9-4-5-10-18(17)21-19(22)20-11-12-24-16-8-6-7-15(13-16)23-3/h4-10,13-14H,11-12H2,1-3H3,(H2,20,21,22). The molecule has 24 heavy (non-hydrogen) atoms. The highest BCUT2D eigenvalue weighted by atomic mass is 16.5. The Morgan fingerprint density at radius 3 is 2.58 bits per heavy atom. The fraction of sp³-hybridized carbons (Fsp3) is 0.316. The van der Waals surface area contributed by atoms with Crippen molar-refractivity contribution >= 4 is 11.7 Å². The Hall–Kier alpha value is -2.69. The Balaban J connectivity index is 1.77. The van der Waals surface area contributed by atoms with E-state index in [1.807, 2.05) is 42.5 Å². The van der Waals surface area contributed by atoms with Crippen LogP contribution in [0.4, 0.5) is 10.5 Å². The number of carbonyl (C=O) groups is 1. The van der Waals surface area contributed by atoms with Gasteiger partial charge in [0.25, 0.3) is 0 Å². The number of hydrogen-bond donors (Lipinski definition) is 2. The molecule has 2 aromatic rings. The van der Waals surface area contributed by atoms with Gasteiger partial charge >= 0.3 is 6.03 Å². The van der Waals surface area contributed by atoms with Gasteiger partial charge in [-0.1, -0.05) is 38.1 Å². The minimum atomic E-state index is -0.239. The lowest BCUT2D eigenvalue weighted by Crippen LogP contribution is -2.32. The van der Waals surface area contributed by atoms with E-state index in [2.05, 4.69) is 24.5 Å². The maximum atomic E-state index is 12.0. The summed E-state index contributed by atoms with van der Waals surface area (Å²) in [6.45, 7) is 4.99. The quantitative estimate of drug-likeness (QED) is 0.755. The van der Waals surface area contributed by atoms with E-state index in [0.717, 1.165) is 17.0 Å². The summed E-state index contributed by atoms with van der Waals surface area (Å²) in [7, 11) is 1.61. The number of urea groups is 1. The number of methoxy groups -OCH3 is 1. The third kappa shape index (κ3) is 5.19. The van der Waals surface area contributed by atoms with Crippen molar-refractivity contribution in [1.82, 2.24) is 5.32 Å². The van der Waals surface area contributed by atoms with Crippen LogP contribution in [0.3, 0.4) is 0 Å². The van der Waals surface area contributed by atoms with E-state index in [0.29, 0.717) is 24.8 Å². The van der Waals surface area contributed by atoms with Gasteiger partial charge in [-0.25, -0.2) is 4.79 Å². The number of hydrogen-bond acceptors (Lipinski definition) is 3. The van der Waals surface area contributed by atoms with Gasteiger partial charge in [0.1, 0.15) is 18.1 Å². The fourth-order valence-corrected chi connectivity index (χ4v) is 2.31. The molecule has 128 valence electrons. The van der Waals surface area contributed by atoms with Crippen molar-refractivity contribution in [3.05, 3.63) is 54.1 Å². The van der Waals surface area contributed by atoms with Gasteiger partial charge in [-0.05, 0) is 29.7 Å². The van der Waals surface area contributed by atoms with Crippen LogP contribution in [0, 0.1) is 0 Å². The Bertz CT molecular complexity index is 671. The summed E-state index contributed by atoms with van der Waals surface area (Å²) in [5, 5.41) is 5.67. The smallest absolute Gasteiger partial charge is 0.319 e. The van der Waals surface area contributed by atoms with Gasteiger partial charge in [0.05, 0.1) is 13.7 Å². The van der Waals surface area contributed by atoms with Gasteiger partial charge in [0, 0.05) is 11.8 Å². The van der Waals surface area contributed by atoms with Crippen molar-refractivity contribution in [1.29, 1.82) is 0 Å². The minimum Gasteiger partial charge on any atom is -0.497 e. The summed E-state index contributed by atoms with van der Waals surface area (Å²) in [6, 6.07) is 14.9. The summed E-state index contributed by atoms with van der Waals surface area (Å²) in [6.07, 6.45) is 0. The van der Waals surface area contributed by atoms with Gasteiger partial charge in [0.2, 0.25) is 0 Å². The number of amides is 2. The lowest BCUT2D eigenvalue weighted by atomic mass is 10.0. The normalized spacial score (nSPS) is 10.3. The summed E-state index contributed by atoms with van der Waals surface area (Å²) in [5.41, 5.74) is 1.94. The van der Waals surface area contributed by atoms with Gasteiger partial charge in [-0.2, -0.15) is 0 Å². The van der Waals surface area contributed by atoms with Crippen LogP contribution in [0.5, 0.6) is 11.5 Å². The molecule has 0 saturated heterocycles. The molecule has 2 rings (SSSR count). The Kier molecular flexibility index (Phi) is 6.49. The number of para-hydroxylation sites is 1. The maximum absolute atomic E-state index is 12.0. The molecule has 0 heterocycles. The molecule has 0 bridgehead atoms. The van der Waals surface area contributed by atoms with Crippen molar-refractivity contribution in [2.45, 2.75) is 19.8 Å². The van der Waals surface area contributed by atoms with E-state index >= 15 is 0 Å². The van der Waals surface area contributed by atoms with Crippen molar-refractivity contribution in [2.75, 3.05) is 25.6 Å². The molecule has 0 aliphatic carbocycles. The number of anilines is 1. The second-order valence-electron chi connectivity index (χ2n) is 5.65. The summed E-state index contributed by atoms with van der Waals surface area (Å²) < 4.78 is 10.7. The second-order valence-corrected chi connectivity index (χ2v) is 5.65. The van der Waals surface area contributed by atoms with Crippen LogP contribution < -0.4 is 20.1 Å². The van der Waals surface area contributed by atoms with E-state index in [4.69, 9.17) is 9.47 Å². The van der Waals surface area contributed by atoms with E-state index in [-0.39, 0.29) is 6.03 Å². The third-order valence-corrected chi connectivity index (χ3v) is 3.53. The van der Waals surface area contributed by atoms with Crippen LogP contribution in [0.2, 0.25) is 0 Å². The monoisotopic (exact) mass is 328 g/mol. The molecule has 0 aliphatic rings. The molecule has 0 spiro atoms. The fourth-order valence-electron chi connectivity index (χ4n) is 2.31. The lowest BCUT2D eigenvalue weighted by Gasteiger charge is -2.14. The second kappa shape index (κ2) is 8.82. The molecule has 0 fully saturated rings. The molecule has 0 radical (unpaired) electrons. The molecule has 0 atom stereocenters. The molecule has 0 unspecified atom stereocenters. The predicted octanol–water partition coefficient (Wildman–Crippen LogP) is 4.02. The first kappa shape index (κ1) is 17.7. The SMILES string of the molecule is COc1cccc(OCCNC(=O)Nc2ccccc2C(C)C)c1. The molecular weight excluding hydrogens is 304 g/mol. The molecule has 2 amide bonds. The Morgan fingerprint density at radius 1 is 1.08 bits per heavy atom. The molecule has 2 N–H and O–H groups in total. The molecule has 5 heteroatoms. The average Bonchev–Trinajstić information content (AvgIpc) is 2.59. The van der Waals surface area contributed by atoms with Crippen molar-refractivity contribution in [2.24, 2.45) is 0 Å². The van der Waals surface area contributed by atoms with Crippen molar-refractivity contribution < 1.29 is 14.3 Å². The highest BCUT2D eigenvalue weighted by Crippen LogP contribution is 2.23. The first-order chi connectivity index (χ1) is 11.6. The van der Waals surface area contributed by atoms with Gasteiger partial charge in [-0.15, -0.1) is 0 Å². The average molecular weight is 328 g/mol. The minimum absolute atomic E-state index is 0.239. The van der Waals surface area contributed by atoms with Crippen LogP contribution in [-0.4, -0.2) is 26.3 Å². The van der Waals surface area contributed by atoms with Gasteiger partial charge < -0.3 is 20.1 Å². The molecular formula is C19H24N2O3. The van der Waals surface area contributed by atoms with E-state index in [1.54, 1.807) is 13.2 Å². The zero-order valence-electron chi connectivity index (χ0n) is 14.3. The molecule has 5 nitrogen and oxygen atoms in total. The van der Waals surface area contributed by atoms with Crippen LogP contribution in [0.25, 0.3) is 0 Å². The molecule has 2 aromatic carbocycles. The Labute approximate surface area is 143 Å². The number of ether oxygens (including phenoxy) is 2. The number of nitrogens with one attached hydrogen (secondary N) is 2. The highest BCUT2D eigenvalue weighted by molar-refractivity contribution is 5.90. The zero-order chi connectivity index (χ0) is 17.4. The highest BCUT2D eigenvalue weighted by Gasteiger charge is 2.08. The first-order valence-electron chi connectivity index (χ1n) is 8.00. The predicted molar refractivity (Wildman–Crippen MR) is 96.0 cm³/mol. The van der Waals surface area contributed by atoms with Crippen LogP contribution in [-0.2, 0) is 0 Å². The first-order valence-corrected chi connectivity index (χ1v) is 8.00. The largest absolute Gasteiger partial charge is 0.497 e. The van der Waals surface area contributed by atoms with E-state index in [1.165, 1.54) is 0 Å². The van der Waals surface area contributed by atoms with E-state index < -0.39 is 0 Å². The van der Waals surface area contributed by atoms with Crippen molar-refractivity contribution in [3.8, 4) is 11.5 Å².